The van der Waals surface area contributed by atoms with Crippen LogP contribution in [0.1, 0.15) is 10.6 Å². The summed E-state index contributed by atoms with van der Waals surface area (Å²) in [6.45, 7) is 1.89. The lowest BCUT2D eigenvalue weighted by molar-refractivity contribution is -0.112. The summed E-state index contributed by atoms with van der Waals surface area (Å²) in [5, 5.41) is 12.9. The minimum atomic E-state index is -0.339. The molecule has 22 heavy (non-hydrogen) atoms. The number of rotatable bonds is 4. The Labute approximate surface area is 130 Å². The summed E-state index contributed by atoms with van der Waals surface area (Å²) in [6, 6.07) is 9.56. The van der Waals surface area contributed by atoms with Crippen LogP contribution < -0.4 is 5.32 Å². The molecule has 6 nitrogen and oxygen atoms in total. The Morgan fingerprint density at radius 2 is 2.09 bits per heavy atom. The Hall–Kier alpha value is -2.80. The van der Waals surface area contributed by atoms with Crippen LogP contribution in [0.4, 0.5) is 6.01 Å². The maximum absolute atomic E-state index is 11.8. The second kappa shape index (κ2) is 6.31. The van der Waals surface area contributed by atoms with E-state index in [-0.39, 0.29) is 17.8 Å². The van der Waals surface area contributed by atoms with Gasteiger partial charge in [-0.3, -0.25) is 10.1 Å². The van der Waals surface area contributed by atoms with Crippen LogP contribution in [0.2, 0.25) is 0 Å². The summed E-state index contributed by atoms with van der Waals surface area (Å²) in [5.41, 5.74) is 1.54. The van der Waals surface area contributed by atoms with E-state index in [0.29, 0.717) is 5.69 Å². The van der Waals surface area contributed by atoms with Crippen molar-refractivity contribution in [1.29, 1.82) is 0 Å². The molecule has 0 radical (unpaired) electrons. The monoisotopic (exact) mass is 312 g/mol. The predicted octanol–water partition coefficient (Wildman–Crippen LogP) is 3.15. The fourth-order valence-electron chi connectivity index (χ4n) is 1.72. The first-order valence-electron chi connectivity index (χ1n) is 6.51. The molecule has 1 N–H and O–H groups in total. The summed E-state index contributed by atoms with van der Waals surface area (Å²) in [5.74, 6) is -0.0554. The molecule has 0 fully saturated rings. The Balaban J connectivity index is 1.65. The number of hydrogen-bond donors (Lipinski definition) is 1. The van der Waals surface area contributed by atoms with E-state index in [0.717, 1.165) is 10.6 Å². The lowest BCUT2D eigenvalue weighted by atomic mass is 10.2. The molecule has 110 valence electrons. The summed E-state index contributed by atoms with van der Waals surface area (Å²) < 4.78 is 5.36. The number of aromatic nitrogens is 3. The molecule has 0 saturated carbocycles. The molecule has 0 bridgehead atoms. The van der Waals surface area contributed by atoms with E-state index < -0.39 is 0 Å². The van der Waals surface area contributed by atoms with Crippen LogP contribution in [-0.4, -0.2) is 21.1 Å². The minimum absolute atomic E-state index is 0.0448. The third kappa shape index (κ3) is 3.44. The molecule has 2 aromatic heterocycles. The minimum Gasteiger partial charge on any atom is -0.401 e. The maximum atomic E-state index is 11.8. The lowest BCUT2D eigenvalue weighted by Crippen LogP contribution is -2.07. The van der Waals surface area contributed by atoms with Gasteiger partial charge in [0.2, 0.25) is 0 Å². The predicted molar refractivity (Wildman–Crippen MR) is 84.2 cm³/mol. The van der Waals surface area contributed by atoms with Crippen LogP contribution >= 0.6 is 11.3 Å². The number of nitrogens with zero attached hydrogens (tertiary/aromatic N) is 3. The second-order valence-corrected chi connectivity index (χ2v) is 5.46. The van der Waals surface area contributed by atoms with Crippen LogP contribution in [0.15, 0.2) is 46.2 Å². The topological polar surface area (TPSA) is 80.9 Å². The second-order valence-electron chi connectivity index (χ2n) is 4.40. The smallest absolute Gasteiger partial charge is 0.322 e. The number of nitrogens with one attached hydrogen (secondary N) is 1. The van der Waals surface area contributed by atoms with Gasteiger partial charge >= 0.3 is 6.01 Å². The zero-order valence-corrected chi connectivity index (χ0v) is 12.5. The number of hydrogen-bond acceptors (Lipinski definition) is 6. The largest absolute Gasteiger partial charge is 0.401 e. The molecular weight excluding hydrogens is 300 g/mol. The average Bonchev–Trinajstić information content (AvgIpc) is 3.15. The molecule has 0 aliphatic rings. The summed E-state index contributed by atoms with van der Waals surface area (Å²) in [7, 11) is 0. The van der Waals surface area contributed by atoms with E-state index >= 15 is 0 Å². The third-order valence-electron chi connectivity index (χ3n) is 2.72. The van der Waals surface area contributed by atoms with Gasteiger partial charge in [-0.25, -0.2) is 4.98 Å². The highest BCUT2D eigenvalue weighted by Gasteiger charge is 2.12. The summed E-state index contributed by atoms with van der Waals surface area (Å²) in [6.07, 6.45) is 3.11. The molecule has 3 aromatic rings. The number of thiazole rings is 1. The molecule has 3 rings (SSSR count). The van der Waals surface area contributed by atoms with Gasteiger partial charge in [0.05, 0.1) is 5.01 Å². The van der Waals surface area contributed by atoms with E-state index in [1.54, 1.807) is 6.08 Å². The van der Waals surface area contributed by atoms with Gasteiger partial charge in [-0.2, -0.15) is 0 Å². The van der Waals surface area contributed by atoms with Crippen LogP contribution in [-0.2, 0) is 4.79 Å². The molecule has 7 heteroatoms. The average molecular weight is 312 g/mol. The van der Waals surface area contributed by atoms with Gasteiger partial charge in [0.15, 0.2) is 0 Å². The lowest BCUT2D eigenvalue weighted by Gasteiger charge is -1.94. The van der Waals surface area contributed by atoms with E-state index in [4.69, 9.17) is 4.42 Å². The van der Waals surface area contributed by atoms with Crippen molar-refractivity contribution in [3.8, 4) is 11.6 Å². The van der Waals surface area contributed by atoms with E-state index in [2.05, 4.69) is 20.5 Å². The van der Waals surface area contributed by atoms with Crippen molar-refractivity contribution in [1.82, 2.24) is 15.2 Å². The Morgan fingerprint density at radius 3 is 2.82 bits per heavy atom. The highest BCUT2D eigenvalue weighted by Crippen LogP contribution is 2.21. The molecule has 0 spiro atoms. The van der Waals surface area contributed by atoms with Gasteiger partial charge in [0.1, 0.15) is 5.69 Å². The van der Waals surface area contributed by atoms with Gasteiger partial charge in [0.25, 0.3) is 11.8 Å². The number of anilines is 1. The van der Waals surface area contributed by atoms with Crippen LogP contribution in [0, 0.1) is 6.92 Å². The van der Waals surface area contributed by atoms with E-state index in [9.17, 15) is 4.79 Å². The first-order valence-corrected chi connectivity index (χ1v) is 7.39. The number of carbonyl (C=O) groups excluding carboxylic acids is 1. The fraction of sp³-hybridized carbons (Fsp3) is 0.0667. The molecule has 1 amide bonds. The van der Waals surface area contributed by atoms with Crippen LogP contribution in [0.5, 0.6) is 0 Å². The van der Waals surface area contributed by atoms with Crippen molar-refractivity contribution in [2.24, 2.45) is 0 Å². The Bertz CT molecular complexity index is 808. The molecular formula is C15H12N4O2S. The molecule has 0 saturated heterocycles. The molecule has 1 aromatic carbocycles. The highest BCUT2D eigenvalue weighted by molar-refractivity contribution is 7.09. The number of carbonyl (C=O) groups is 1. The van der Waals surface area contributed by atoms with Crippen molar-refractivity contribution >= 4 is 29.3 Å². The maximum Gasteiger partial charge on any atom is 0.322 e. The molecule has 2 heterocycles. The molecule has 0 aliphatic heterocycles. The molecule has 0 aliphatic carbocycles. The van der Waals surface area contributed by atoms with Gasteiger partial charge in [-0.05, 0) is 18.6 Å². The van der Waals surface area contributed by atoms with Crippen molar-refractivity contribution in [3.05, 3.63) is 52.4 Å². The zero-order chi connectivity index (χ0) is 15.4. The fourth-order valence-corrected chi connectivity index (χ4v) is 2.31. The normalized spacial score (nSPS) is 11.0. The number of benzene rings is 1. The Morgan fingerprint density at radius 1 is 1.27 bits per heavy atom. The van der Waals surface area contributed by atoms with E-state index in [1.165, 1.54) is 17.4 Å². The number of aryl methyl sites for hydroxylation is 1. The SMILES string of the molecule is Cc1nc(-c2nnc(NC(=O)C=Cc3ccccc3)o2)cs1. The first kappa shape index (κ1) is 14.2. The highest BCUT2D eigenvalue weighted by atomic mass is 32.1. The van der Waals surface area contributed by atoms with Gasteiger partial charge in [-0.15, -0.1) is 16.4 Å². The van der Waals surface area contributed by atoms with Crippen molar-refractivity contribution in [2.75, 3.05) is 5.32 Å². The quantitative estimate of drug-likeness (QED) is 0.748. The van der Waals surface area contributed by atoms with Crippen LogP contribution in [0.3, 0.4) is 0 Å². The van der Waals surface area contributed by atoms with Gasteiger partial charge in [0, 0.05) is 11.5 Å². The van der Waals surface area contributed by atoms with Gasteiger partial charge in [-0.1, -0.05) is 35.4 Å². The third-order valence-corrected chi connectivity index (χ3v) is 3.49. The number of amides is 1. The summed E-state index contributed by atoms with van der Waals surface area (Å²) >= 11 is 1.49. The molecule has 0 atom stereocenters. The zero-order valence-electron chi connectivity index (χ0n) is 11.7. The van der Waals surface area contributed by atoms with Crippen molar-refractivity contribution in [2.45, 2.75) is 6.92 Å². The first-order chi connectivity index (χ1) is 10.7. The Kier molecular flexibility index (Phi) is 4.06. The van der Waals surface area contributed by atoms with E-state index in [1.807, 2.05) is 42.6 Å². The van der Waals surface area contributed by atoms with Crippen molar-refractivity contribution in [3.63, 3.8) is 0 Å². The molecule has 0 unspecified atom stereocenters. The standard InChI is InChI=1S/C15H12N4O2S/c1-10-16-12(9-22-10)14-18-19-15(21-14)17-13(20)8-7-11-5-3-2-4-6-11/h2-9H,1H3,(H,17,19,20). The van der Waals surface area contributed by atoms with Crippen LogP contribution in [0.25, 0.3) is 17.7 Å². The van der Waals surface area contributed by atoms with Crippen molar-refractivity contribution < 1.29 is 9.21 Å². The van der Waals surface area contributed by atoms with Gasteiger partial charge < -0.3 is 4.42 Å². The summed E-state index contributed by atoms with van der Waals surface area (Å²) in [4.78, 5) is 16.0.